The second-order valence-electron chi connectivity index (χ2n) is 6.01. The fourth-order valence-electron chi connectivity index (χ4n) is 2.94. The zero-order chi connectivity index (χ0) is 18.0. The first kappa shape index (κ1) is 18.1. The number of tetrazole rings is 1. The van der Waals surface area contributed by atoms with Gasteiger partial charge in [0.05, 0.1) is 19.5 Å². The summed E-state index contributed by atoms with van der Waals surface area (Å²) >= 11 is 7.20. The van der Waals surface area contributed by atoms with Gasteiger partial charge in [0.15, 0.2) is 0 Å². The number of esters is 1. The summed E-state index contributed by atoms with van der Waals surface area (Å²) in [6.45, 7) is 6.07. The van der Waals surface area contributed by atoms with Crippen molar-refractivity contribution in [3.8, 4) is 5.69 Å². The van der Waals surface area contributed by atoms with Gasteiger partial charge in [-0.2, -0.15) is 4.68 Å². The van der Waals surface area contributed by atoms with Crippen molar-refractivity contribution in [2.75, 3.05) is 26.0 Å². The van der Waals surface area contributed by atoms with Crippen molar-refractivity contribution in [3.05, 3.63) is 34.1 Å². The number of aromatic nitrogens is 4. The minimum atomic E-state index is -0.183. The molecule has 0 amide bonds. The average molecular weight is 380 g/mol. The molecule has 1 saturated heterocycles. The summed E-state index contributed by atoms with van der Waals surface area (Å²) in [5.74, 6) is 0.690. The second kappa shape index (κ2) is 7.67. The lowest BCUT2D eigenvalue weighted by Gasteiger charge is -2.30. The quantitative estimate of drug-likeness (QED) is 0.594. The molecular weight excluding hydrogens is 358 g/mol. The van der Waals surface area contributed by atoms with Crippen LogP contribution in [-0.2, 0) is 16.2 Å². The van der Waals surface area contributed by atoms with E-state index in [0.29, 0.717) is 18.0 Å². The van der Waals surface area contributed by atoms with Crippen molar-refractivity contribution in [1.29, 1.82) is 0 Å². The van der Waals surface area contributed by atoms with Crippen LogP contribution in [0.4, 0.5) is 0 Å². The molecule has 0 bridgehead atoms. The van der Waals surface area contributed by atoms with Crippen LogP contribution in [0.2, 0.25) is 0 Å². The number of benzene rings is 1. The topological polar surface area (TPSA) is 65.2 Å². The first-order valence-corrected chi connectivity index (χ1v) is 9.48. The van der Waals surface area contributed by atoms with Gasteiger partial charge in [-0.05, 0) is 47.6 Å². The van der Waals surface area contributed by atoms with Gasteiger partial charge in [-0.1, -0.05) is 18.2 Å². The number of aryl methyl sites for hydroxylation is 2. The van der Waals surface area contributed by atoms with E-state index in [-0.39, 0.29) is 11.2 Å². The summed E-state index contributed by atoms with van der Waals surface area (Å²) in [5.41, 5.74) is 3.17. The van der Waals surface area contributed by atoms with Crippen LogP contribution in [0, 0.1) is 18.6 Å². The molecule has 9 heteroatoms. The molecule has 1 fully saturated rings. The Hall–Kier alpha value is -1.71. The van der Waals surface area contributed by atoms with Crippen molar-refractivity contribution < 1.29 is 9.53 Å². The van der Waals surface area contributed by atoms with E-state index >= 15 is 0 Å². The molecule has 2 aromatic rings. The molecule has 1 atom stereocenters. The Morgan fingerprint density at radius 3 is 2.76 bits per heavy atom. The number of hydrogen-bond donors (Lipinski definition) is 0. The monoisotopic (exact) mass is 379 g/mol. The van der Waals surface area contributed by atoms with Gasteiger partial charge in [0.1, 0.15) is 5.25 Å². The van der Waals surface area contributed by atoms with E-state index in [1.165, 1.54) is 7.11 Å². The fourth-order valence-corrected chi connectivity index (χ4v) is 4.36. The van der Waals surface area contributed by atoms with Gasteiger partial charge in [-0.15, -0.1) is 11.8 Å². The lowest BCUT2D eigenvalue weighted by molar-refractivity contribution is -0.140. The molecule has 0 spiro atoms. The number of rotatable bonds is 4. The molecule has 1 aliphatic heterocycles. The Labute approximate surface area is 155 Å². The number of thioether (sulfide) groups is 1. The van der Waals surface area contributed by atoms with E-state index in [1.54, 1.807) is 21.1 Å². The first-order chi connectivity index (χ1) is 12.0. The third-order valence-corrected chi connectivity index (χ3v) is 5.79. The normalized spacial score (nSPS) is 18.3. The van der Waals surface area contributed by atoms with Gasteiger partial charge in [-0.3, -0.25) is 9.69 Å². The van der Waals surface area contributed by atoms with Crippen LogP contribution in [0.5, 0.6) is 0 Å². The van der Waals surface area contributed by atoms with Gasteiger partial charge in [0.2, 0.25) is 4.77 Å². The minimum Gasteiger partial charge on any atom is -0.468 e. The molecule has 0 radical (unpaired) electrons. The number of carbonyl (C=O) groups excluding carboxylic acids is 1. The fraction of sp³-hybridized carbons (Fsp3) is 0.500. The molecule has 3 rings (SSSR count). The van der Waals surface area contributed by atoms with E-state index in [2.05, 4.69) is 15.3 Å². The number of para-hydroxylation sites is 1. The molecule has 2 heterocycles. The van der Waals surface area contributed by atoms with Gasteiger partial charge in [0, 0.05) is 18.8 Å². The molecular formula is C16H21N5O2S2. The predicted molar refractivity (Wildman–Crippen MR) is 99.5 cm³/mol. The molecule has 0 unspecified atom stereocenters. The number of carbonyl (C=O) groups is 1. The van der Waals surface area contributed by atoms with Crippen molar-refractivity contribution in [2.24, 2.45) is 0 Å². The van der Waals surface area contributed by atoms with E-state index in [0.717, 1.165) is 29.1 Å². The molecule has 1 aliphatic rings. The maximum atomic E-state index is 11.8. The van der Waals surface area contributed by atoms with Gasteiger partial charge in [-0.25, -0.2) is 4.68 Å². The molecule has 134 valence electrons. The Morgan fingerprint density at radius 2 is 2.08 bits per heavy atom. The number of nitrogens with zero attached hydrogens (tertiary/aromatic N) is 5. The van der Waals surface area contributed by atoms with Crippen molar-refractivity contribution in [3.63, 3.8) is 0 Å². The third-order valence-electron chi connectivity index (χ3n) is 4.24. The van der Waals surface area contributed by atoms with Gasteiger partial charge in [0.25, 0.3) is 0 Å². The minimum absolute atomic E-state index is 0.165. The highest BCUT2D eigenvalue weighted by Gasteiger charge is 2.27. The lowest BCUT2D eigenvalue weighted by atomic mass is 10.1. The highest BCUT2D eigenvalue weighted by atomic mass is 32.2. The van der Waals surface area contributed by atoms with E-state index < -0.39 is 0 Å². The van der Waals surface area contributed by atoms with Crippen molar-refractivity contribution in [1.82, 2.24) is 24.7 Å². The van der Waals surface area contributed by atoms with Crippen LogP contribution >= 0.6 is 24.0 Å². The summed E-state index contributed by atoms with van der Waals surface area (Å²) in [4.78, 5) is 13.9. The highest BCUT2D eigenvalue weighted by Crippen LogP contribution is 2.21. The number of hydrogen-bond acceptors (Lipinski definition) is 7. The Morgan fingerprint density at radius 1 is 1.36 bits per heavy atom. The van der Waals surface area contributed by atoms with Crippen LogP contribution in [0.1, 0.15) is 11.1 Å². The standard InChI is InChI=1S/C16H21N5O2S2/c1-11-5-4-6-12(2)14(11)21-16(24)20(17-18-21)10-19-7-8-25-13(9-19)15(22)23-3/h4-6,13H,7-10H2,1-3H3/t13-/m1/s1. The zero-order valence-electron chi connectivity index (χ0n) is 14.5. The first-order valence-electron chi connectivity index (χ1n) is 8.02. The molecule has 0 saturated carbocycles. The summed E-state index contributed by atoms with van der Waals surface area (Å²) < 4.78 is 8.81. The van der Waals surface area contributed by atoms with Crippen LogP contribution < -0.4 is 0 Å². The van der Waals surface area contributed by atoms with E-state index in [4.69, 9.17) is 17.0 Å². The Balaban J connectivity index is 1.80. The van der Waals surface area contributed by atoms with Gasteiger partial charge < -0.3 is 4.74 Å². The SMILES string of the molecule is COC(=O)[C@H]1CN(Cn2nnn(-c3c(C)cccc3C)c2=S)CCS1. The average Bonchev–Trinajstić information content (AvgIpc) is 2.95. The van der Waals surface area contributed by atoms with E-state index in [9.17, 15) is 4.79 Å². The Bertz CT molecular complexity index is 812. The number of ether oxygens (including phenoxy) is 1. The van der Waals surface area contributed by atoms with Crippen LogP contribution in [-0.4, -0.2) is 61.9 Å². The highest BCUT2D eigenvalue weighted by molar-refractivity contribution is 8.00. The molecule has 0 aliphatic carbocycles. The zero-order valence-corrected chi connectivity index (χ0v) is 16.1. The lowest BCUT2D eigenvalue weighted by Crippen LogP contribution is -2.42. The Kier molecular flexibility index (Phi) is 5.55. The predicted octanol–water partition coefficient (Wildman–Crippen LogP) is 1.96. The maximum Gasteiger partial charge on any atom is 0.320 e. The second-order valence-corrected chi connectivity index (χ2v) is 7.69. The molecule has 7 nitrogen and oxygen atoms in total. The largest absolute Gasteiger partial charge is 0.468 e. The van der Waals surface area contributed by atoms with Crippen molar-refractivity contribution >= 4 is 29.9 Å². The van der Waals surface area contributed by atoms with Crippen LogP contribution in [0.3, 0.4) is 0 Å². The molecule has 1 aromatic heterocycles. The summed E-state index contributed by atoms with van der Waals surface area (Å²) in [6.07, 6.45) is 0. The molecule has 25 heavy (non-hydrogen) atoms. The van der Waals surface area contributed by atoms with Crippen molar-refractivity contribution in [2.45, 2.75) is 25.8 Å². The maximum absolute atomic E-state index is 11.8. The summed E-state index contributed by atoms with van der Waals surface area (Å²) in [7, 11) is 1.42. The van der Waals surface area contributed by atoms with Crippen LogP contribution in [0.25, 0.3) is 5.69 Å². The molecule has 0 N–H and O–H groups in total. The van der Waals surface area contributed by atoms with E-state index in [1.807, 2.05) is 32.0 Å². The third kappa shape index (κ3) is 3.78. The van der Waals surface area contributed by atoms with Crippen LogP contribution in [0.15, 0.2) is 18.2 Å². The smallest absolute Gasteiger partial charge is 0.320 e. The van der Waals surface area contributed by atoms with Gasteiger partial charge >= 0.3 is 5.97 Å². The number of methoxy groups -OCH3 is 1. The molecule has 1 aromatic carbocycles. The summed E-state index contributed by atoms with van der Waals surface area (Å²) in [5, 5.41) is 8.30. The summed E-state index contributed by atoms with van der Waals surface area (Å²) in [6, 6.07) is 6.08.